The van der Waals surface area contributed by atoms with Crippen molar-refractivity contribution in [2.24, 2.45) is 0 Å². The van der Waals surface area contributed by atoms with Crippen molar-refractivity contribution in [1.82, 2.24) is 5.32 Å². The topological polar surface area (TPSA) is 12.0 Å². The molecule has 2 heterocycles. The number of aryl methyl sites for hydroxylation is 1. The third-order valence-electron chi connectivity index (χ3n) is 2.54. The molecule has 1 unspecified atom stereocenters. The van der Waals surface area contributed by atoms with Crippen LogP contribution < -0.4 is 5.32 Å². The molecule has 1 N–H and O–H groups in total. The molecule has 0 saturated heterocycles. The number of thiophene rings is 2. The van der Waals surface area contributed by atoms with Crippen molar-refractivity contribution < 1.29 is 0 Å². The van der Waals surface area contributed by atoms with Gasteiger partial charge in [-0.05, 0) is 70.1 Å². The van der Waals surface area contributed by atoms with E-state index in [1.807, 2.05) is 22.7 Å². The molecule has 2 rings (SSSR count). The summed E-state index contributed by atoms with van der Waals surface area (Å²) in [6, 6.07) is 4.86. The molecule has 0 aliphatic heterocycles. The predicted molar refractivity (Wildman–Crippen MR) is 81.6 cm³/mol. The van der Waals surface area contributed by atoms with Crippen molar-refractivity contribution in [2.75, 3.05) is 6.54 Å². The Labute approximate surface area is 118 Å². The highest BCUT2D eigenvalue weighted by Crippen LogP contribution is 2.31. The van der Waals surface area contributed by atoms with Gasteiger partial charge in [-0.3, -0.25) is 0 Å². The van der Waals surface area contributed by atoms with E-state index in [-0.39, 0.29) is 0 Å². The first-order valence-corrected chi connectivity index (χ1v) is 8.07. The highest BCUT2D eigenvalue weighted by Gasteiger charge is 2.16. The van der Waals surface area contributed by atoms with Crippen LogP contribution in [0.15, 0.2) is 22.9 Å². The lowest BCUT2D eigenvalue weighted by Crippen LogP contribution is -2.21. The maximum absolute atomic E-state index is 3.57. The largest absolute Gasteiger partial charge is 0.306 e. The average molecular weight is 363 g/mol. The number of hydrogen-bond acceptors (Lipinski definition) is 3. The average Bonchev–Trinajstić information content (AvgIpc) is 2.84. The van der Waals surface area contributed by atoms with Crippen LogP contribution in [0.25, 0.3) is 0 Å². The van der Waals surface area contributed by atoms with Crippen LogP contribution in [0.2, 0.25) is 0 Å². The molecule has 0 bridgehead atoms. The fourth-order valence-corrected chi connectivity index (χ4v) is 3.92. The number of halogens is 1. The van der Waals surface area contributed by atoms with E-state index in [9.17, 15) is 0 Å². The second-order valence-corrected chi connectivity index (χ2v) is 7.53. The quantitative estimate of drug-likeness (QED) is 0.793. The molecular weight excluding hydrogens is 349 g/mol. The zero-order chi connectivity index (χ0) is 11.5. The monoisotopic (exact) mass is 363 g/mol. The molecular formula is C12H14INS2. The molecule has 1 atom stereocenters. The molecule has 86 valence electrons. The van der Waals surface area contributed by atoms with Gasteiger partial charge in [-0.25, -0.2) is 0 Å². The first kappa shape index (κ1) is 12.5. The van der Waals surface area contributed by atoms with Crippen LogP contribution in [0.3, 0.4) is 0 Å². The van der Waals surface area contributed by atoms with E-state index < -0.39 is 0 Å². The van der Waals surface area contributed by atoms with Gasteiger partial charge in [-0.2, -0.15) is 0 Å². The van der Waals surface area contributed by atoms with Gasteiger partial charge in [-0.15, -0.1) is 22.7 Å². The van der Waals surface area contributed by atoms with Crippen LogP contribution >= 0.6 is 45.3 Å². The number of nitrogens with one attached hydrogen (secondary N) is 1. The predicted octanol–water partition coefficient (Wildman–Crippen LogP) is 4.42. The van der Waals surface area contributed by atoms with Gasteiger partial charge in [0.2, 0.25) is 0 Å². The van der Waals surface area contributed by atoms with Crippen LogP contribution in [0, 0.1) is 9.81 Å². The van der Waals surface area contributed by atoms with Crippen LogP contribution in [0.1, 0.15) is 29.0 Å². The van der Waals surface area contributed by atoms with Gasteiger partial charge in [-0.1, -0.05) is 6.92 Å². The van der Waals surface area contributed by atoms with Gasteiger partial charge in [0.1, 0.15) is 0 Å². The highest BCUT2D eigenvalue weighted by molar-refractivity contribution is 14.1. The fraction of sp³-hybridized carbons (Fsp3) is 0.333. The minimum Gasteiger partial charge on any atom is -0.306 e. The van der Waals surface area contributed by atoms with Crippen LogP contribution in [0.4, 0.5) is 0 Å². The first-order chi connectivity index (χ1) is 7.72. The van der Waals surface area contributed by atoms with Crippen molar-refractivity contribution in [3.8, 4) is 0 Å². The highest BCUT2D eigenvalue weighted by atomic mass is 127. The Kier molecular flexibility index (Phi) is 4.41. The fourth-order valence-electron chi connectivity index (χ4n) is 1.78. The van der Waals surface area contributed by atoms with Crippen molar-refractivity contribution >= 4 is 45.3 Å². The van der Waals surface area contributed by atoms with Gasteiger partial charge in [0.25, 0.3) is 0 Å². The lowest BCUT2D eigenvalue weighted by molar-refractivity contribution is 0.631. The van der Waals surface area contributed by atoms with E-state index in [0.29, 0.717) is 6.04 Å². The lowest BCUT2D eigenvalue weighted by atomic mass is 10.0. The van der Waals surface area contributed by atoms with E-state index in [1.165, 1.54) is 18.9 Å². The van der Waals surface area contributed by atoms with E-state index >= 15 is 0 Å². The summed E-state index contributed by atoms with van der Waals surface area (Å²) in [4.78, 5) is 1.41. The van der Waals surface area contributed by atoms with Gasteiger partial charge in [0.05, 0.1) is 8.93 Å². The maximum Gasteiger partial charge on any atom is 0.0656 e. The molecule has 2 aromatic rings. The molecule has 0 saturated carbocycles. The molecule has 0 amide bonds. The summed E-state index contributed by atoms with van der Waals surface area (Å²) < 4.78 is 1.35. The van der Waals surface area contributed by atoms with Crippen LogP contribution in [-0.2, 0) is 0 Å². The maximum atomic E-state index is 3.57. The Morgan fingerprint density at radius 3 is 2.75 bits per heavy atom. The van der Waals surface area contributed by atoms with Gasteiger partial charge >= 0.3 is 0 Å². The molecule has 0 aliphatic carbocycles. The Morgan fingerprint density at radius 1 is 1.44 bits per heavy atom. The Hall–Kier alpha value is 0.0900. The van der Waals surface area contributed by atoms with Gasteiger partial charge in [0.15, 0.2) is 0 Å². The normalized spacial score (nSPS) is 12.9. The SMILES string of the molecule is CCNC(c1csc(I)c1)c1ccsc1C. The van der Waals surface area contributed by atoms with E-state index in [1.54, 1.807) is 0 Å². The molecule has 4 heteroatoms. The van der Waals surface area contributed by atoms with Crippen molar-refractivity contribution in [3.05, 3.63) is 41.8 Å². The summed E-state index contributed by atoms with van der Waals surface area (Å²) in [7, 11) is 0. The summed E-state index contributed by atoms with van der Waals surface area (Å²) in [5.74, 6) is 0. The Balaban J connectivity index is 2.34. The zero-order valence-corrected chi connectivity index (χ0v) is 13.1. The van der Waals surface area contributed by atoms with E-state index in [2.05, 4.69) is 64.6 Å². The number of hydrogen-bond donors (Lipinski definition) is 1. The first-order valence-electron chi connectivity index (χ1n) is 5.23. The molecule has 16 heavy (non-hydrogen) atoms. The summed E-state index contributed by atoms with van der Waals surface area (Å²) >= 11 is 6.02. The summed E-state index contributed by atoms with van der Waals surface area (Å²) in [6.45, 7) is 5.35. The summed E-state index contributed by atoms with van der Waals surface area (Å²) in [6.07, 6.45) is 0. The zero-order valence-electron chi connectivity index (χ0n) is 9.29. The van der Waals surface area contributed by atoms with E-state index in [0.717, 1.165) is 6.54 Å². The second-order valence-electron chi connectivity index (χ2n) is 3.61. The Morgan fingerprint density at radius 2 is 2.25 bits per heavy atom. The van der Waals surface area contributed by atoms with E-state index in [4.69, 9.17) is 0 Å². The van der Waals surface area contributed by atoms with Crippen molar-refractivity contribution in [1.29, 1.82) is 0 Å². The Bertz CT molecular complexity index is 461. The minimum atomic E-state index is 0.357. The minimum absolute atomic E-state index is 0.357. The lowest BCUT2D eigenvalue weighted by Gasteiger charge is -2.16. The molecule has 1 nitrogen and oxygen atoms in total. The van der Waals surface area contributed by atoms with Crippen LogP contribution in [0.5, 0.6) is 0 Å². The smallest absolute Gasteiger partial charge is 0.0656 e. The van der Waals surface area contributed by atoms with Gasteiger partial charge in [0, 0.05) is 4.88 Å². The van der Waals surface area contributed by atoms with Gasteiger partial charge < -0.3 is 5.32 Å². The second kappa shape index (κ2) is 5.62. The summed E-state index contributed by atoms with van der Waals surface area (Å²) in [5.41, 5.74) is 2.80. The third kappa shape index (κ3) is 2.67. The van der Waals surface area contributed by atoms with Crippen LogP contribution in [-0.4, -0.2) is 6.54 Å². The molecule has 0 radical (unpaired) electrons. The third-order valence-corrected chi connectivity index (χ3v) is 5.21. The molecule has 2 aromatic heterocycles. The van der Waals surface area contributed by atoms with Crippen molar-refractivity contribution in [2.45, 2.75) is 19.9 Å². The van der Waals surface area contributed by atoms with Crippen molar-refractivity contribution in [3.63, 3.8) is 0 Å². The summed E-state index contributed by atoms with van der Waals surface area (Å²) in [5, 5.41) is 7.99. The standard InChI is InChI=1S/C12H14INS2/c1-3-14-12(9-6-11(13)16-7-9)10-4-5-15-8(10)2/h4-7,12,14H,3H2,1-2H3. The molecule has 0 fully saturated rings. The number of rotatable bonds is 4. The molecule has 0 aromatic carbocycles. The molecule has 0 aliphatic rings. The molecule has 0 spiro atoms.